The molecule has 2 unspecified atom stereocenters. The Labute approximate surface area is 122 Å². The Kier molecular flexibility index (Phi) is 4.55. The van der Waals surface area contributed by atoms with Crippen molar-refractivity contribution in [1.29, 1.82) is 5.26 Å². The van der Waals surface area contributed by atoms with Gasteiger partial charge in [-0.3, -0.25) is 9.88 Å². The fraction of sp³-hybridized carbons (Fsp3) is 0.769. The number of nitrogens with one attached hydrogen (secondary N) is 2. The molecule has 2 N–H and O–H groups in total. The Morgan fingerprint density at radius 3 is 2.95 bits per heavy atom. The minimum absolute atomic E-state index is 0.199. The van der Waals surface area contributed by atoms with Crippen molar-refractivity contribution in [3.63, 3.8) is 0 Å². The van der Waals surface area contributed by atoms with Crippen LogP contribution in [0, 0.1) is 11.3 Å². The van der Waals surface area contributed by atoms with E-state index in [1.54, 1.807) is 18.8 Å². The molecule has 0 spiro atoms. The molecule has 0 amide bonds. The van der Waals surface area contributed by atoms with Crippen LogP contribution in [-0.2, 0) is 7.05 Å². The maximum Gasteiger partial charge on any atom is 0.343 e. The molecule has 2 atom stereocenters. The summed E-state index contributed by atoms with van der Waals surface area (Å²) in [5.74, 6) is 0. The van der Waals surface area contributed by atoms with Crippen LogP contribution in [0.2, 0.25) is 0 Å². The van der Waals surface area contributed by atoms with Crippen LogP contribution in [0.1, 0.15) is 39.5 Å². The second-order valence-corrected chi connectivity index (χ2v) is 6.97. The highest BCUT2D eigenvalue weighted by atomic mass is 32.2. The topological polar surface area (TPSA) is 86.5 Å². The van der Waals surface area contributed by atoms with E-state index in [1.165, 1.54) is 4.57 Å². The third kappa shape index (κ3) is 3.25. The number of hydrogen-bond acceptors (Lipinski definition) is 5. The van der Waals surface area contributed by atoms with Gasteiger partial charge in [0.05, 0.1) is 6.07 Å². The molecule has 1 aromatic rings. The van der Waals surface area contributed by atoms with E-state index in [9.17, 15) is 10.1 Å². The van der Waals surface area contributed by atoms with Gasteiger partial charge in [-0.25, -0.2) is 9.89 Å². The average molecular weight is 295 g/mol. The Hall–Kier alpha value is -1.26. The van der Waals surface area contributed by atoms with Crippen molar-refractivity contribution in [3.8, 4) is 6.07 Å². The number of thioether (sulfide) groups is 1. The second-order valence-electron chi connectivity index (χ2n) is 5.70. The molecule has 1 aliphatic carbocycles. The highest BCUT2D eigenvalue weighted by molar-refractivity contribution is 7.99. The van der Waals surface area contributed by atoms with E-state index in [0.717, 1.165) is 25.7 Å². The van der Waals surface area contributed by atoms with Gasteiger partial charge >= 0.3 is 5.69 Å². The van der Waals surface area contributed by atoms with Crippen molar-refractivity contribution >= 4 is 11.8 Å². The van der Waals surface area contributed by atoms with Gasteiger partial charge < -0.3 is 0 Å². The summed E-state index contributed by atoms with van der Waals surface area (Å²) in [5.41, 5.74) is -0.644. The predicted molar refractivity (Wildman–Crippen MR) is 78.6 cm³/mol. The summed E-state index contributed by atoms with van der Waals surface area (Å²) < 4.78 is 1.52. The summed E-state index contributed by atoms with van der Waals surface area (Å²) in [6.07, 6.45) is 3.74. The highest BCUT2D eigenvalue weighted by Crippen LogP contribution is 2.37. The van der Waals surface area contributed by atoms with Crippen LogP contribution in [0.4, 0.5) is 0 Å². The van der Waals surface area contributed by atoms with E-state index in [4.69, 9.17) is 0 Å². The van der Waals surface area contributed by atoms with Gasteiger partial charge in [0.2, 0.25) is 0 Å². The van der Waals surface area contributed by atoms with Crippen molar-refractivity contribution in [1.82, 2.24) is 20.1 Å². The third-order valence-electron chi connectivity index (χ3n) is 3.60. The van der Waals surface area contributed by atoms with Crippen LogP contribution < -0.4 is 11.0 Å². The zero-order chi connectivity index (χ0) is 14.8. The number of nitriles is 1. The first-order valence-electron chi connectivity index (χ1n) is 6.93. The number of nitrogens with zero attached hydrogens (tertiary/aromatic N) is 3. The van der Waals surface area contributed by atoms with Crippen LogP contribution in [0.25, 0.3) is 0 Å². The molecule has 0 saturated heterocycles. The second kappa shape index (κ2) is 6.02. The molecule has 110 valence electrons. The predicted octanol–water partition coefficient (Wildman–Crippen LogP) is 1.40. The summed E-state index contributed by atoms with van der Waals surface area (Å²) in [6, 6.07) is 2.75. The molecule has 0 aromatic carbocycles. The lowest BCUT2D eigenvalue weighted by Crippen LogP contribution is -2.51. The summed E-state index contributed by atoms with van der Waals surface area (Å²) in [4.78, 5) is 11.4. The molecular weight excluding hydrogens is 274 g/mol. The largest absolute Gasteiger partial charge is 0.343 e. The number of H-pyrrole nitrogens is 1. The number of rotatable bonds is 4. The fourth-order valence-corrected chi connectivity index (χ4v) is 4.02. The lowest BCUT2D eigenvalue weighted by Gasteiger charge is -2.37. The molecule has 2 rings (SSSR count). The van der Waals surface area contributed by atoms with E-state index in [1.807, 2.05) is 0 Å². The lowest BCUT2D eigenvalue weighted by molar-refractivity contribution is 0.284. The first-order chi connectivity index (χ1) is 9.46. The number of hydrogen-bond donors (Lipinski definition) is 2. The lowest BCUT2D eigenvalue weighted by atomic mass is 9.82. The molecule has 6 nitrogen and oxygen atoms in total. The van der Waals surface area contributed by atoms with Crippen molar-refractivity contribution in [3.05, 3.63) is 10.5 Å². The Balaban J connectivity index is 2.09. The summed E-state index contributed by atoms with van der Waals surface area (Å²) in [5, 5.41) is 20.4. The highest BCUT2D eigenvalue weighted by Gasteiger charge is 2.37. The molecule has 1 heterocycles. The molecular formula is C13H21N5OS. The van der Waals surface area contributed by atoms with Gasteiger partial charge in [-0.1, -0.05) is 11.8 Å². The standard InChI is InChI=1S/C13H21N5OS/c1-9(2)15-13(8-14)6-4-5-10(7-13)20-12-17-16-11(19)18(12)3/h9-10,15H,4-7H2,1-3H3,(H,16,19). The fourth-order valence-electron chi connectivity index (χ4n) is 2.73. The normalized spacial score (nSPS) is 26.6. The van der Waals surface area contributed by atoms with Crippen molar-refractivity contribution < 1.29 is 0 Å². The SMILES string of the molecule is CC(C)NC1(C#N)CCCC(Sc2n[nH]c(=O)n2C)C1. The number of aromatic nitrogens is 3. The van der Waals surface area contributed by atoms with Crippen LogP contribution >= 0.6 is 11.8 Å². The molecule has 0 radical (unpaired) electrons. The van der Waals surface area contributed by atoms with Crippen LogP contribution in [-0.4, -0.2) is 31.6 Å². The molecule has 20 heavy (non-hydrogen) atoms. The van der Waals surface area contributed by atoms with Gasteiger partial charge in [-0.05, 0) is 39.5 Å². The Morgan fingerprint density at radius 1 is 1.65 bits per heavy atom. The zero-order valence-electron chi connectivity index (χ0n) is 12.1. The average Bonchev–Trinajstić information content (AvgIpc) is 2.70. The molecule has 1 aliphatic rings. The molecule has 1 aromatic heterocycles. The van der Waals surface area contributed by atoms with Gasteiger partial charge in [0.15, 0.2) is 5.16 Å². The summed E-state index contributed by atoms with van der Waals surface area (Å²) in [7, 11) is 1.71. The van der Waals surface area contributed by atoms with Crippen molar-refractivity contribution in [2.24, 2.45) is 7.05 Å². The molecule has 0 aliphatic heterocycles. The molecule has 1 saturated carbocycles. The van der Waals surface area contributed by atoms with Crippen LogP contribution in [0.5, 0.6) is 0 Å². The molecule has 7 heteroatoms. The maximum atomic E-state index is 11.4. The molecule has 1 fully saturated rings. The van der Waals surface area contributed by atoms with E-state index >= 15 is 0 Å². The van der Waals surface area contributed by atoms with E-state index < -0.39 is 5.54 Å². The van der Waals surface area contributed by atoms with Crippen LogP contribution in [0.3, 0.4) is 0 Å². The summed E-state index contributed by atoms with van der Waals surface area (Å²) >= 11 is 1.59. The molecule has 0 bridgehead atoms. The first-order valence-corrected chi connectivity index (χ1v) is 7.81. The summed E-state index contributed by atoms with van der Waals surface area (Å²) in [6.45, 7) is 4.13. The third-order valence-corrected chi connectivity index (χ3v) is 4.91. The zero-order valence-corrected chi connectivity index (χ0v) is 13.0. The minimum atomic E-state index is -0.445. The minimum Gasteiger partial charge on any atom is -0.297 e. The smallest absolute Gasteiger partial charge is 0.297 e. The van der Waals surface area contributed by atoms with Gasteiger partial charge in [0.1, 0.15) is 5.54 Å². The van der Waals surface area contributed by atoms with Gasteiger partial charge in [-0.2, -0.15) is 5.26 Å². The van der Waals surface area contributed by atoms with Gasteiger partial charge in [0, 0.05) is 18.3 Å². The van der Waals surface area contributed by atoms with Crippen molar-refractivity contribution in [2.75, 3.05) is 0 Å². The van der Waals surface area contributed by atoms with E-state index in [-0.39, 0.29) is 11.7 Å². The van der Waals surface area contributed by atoms with Gasteiger partial charge in [-0.15, -0.1) is 5.10 Å². The van der Waals surface area contributed by atoms with E-state index in [0.29, 0.717) is 10.4 Å². The quantitative estimate of drug-likeness (QED) is 0.877. The monoisotopic (exact) mass is 295 g/mol. The van der Waals surface area contributed by atoms with Crippen LogP contribution in [0.15, 0.2) is 9.95 Å². The Bertz CT molecular complexity index is 558. The van der Waals surface area contributed by atoms with Crippen molar-refractivity contribution in [2.45, 2.75) is 61.5 Å². The van der Waals surface area contributed by atoms with Gasteiger partial charge in [0.25, 0.3) is 0 Å². The van der Waals surface area contributed by atoms with E-state index in [2.05, 4.69) is 35.4 Å². The first kappa shape index (κ1) is 15.1. The Morgan fingerprint density at radius 2 is 2.40 bits per heavy atom. The maximum absolute atomic E-state index is 11.4. The number of aromatic amines is 1.